The van der Waals surface area contributed by atoms with Crippen LogP contribution in [0.1, 0.15) is 42.4 Å². The van der Waals surface area contributed by atoms with Crippen LogP contribution in [0.2, 0.25) is 0 Å². The normalized spacial score (nSPS) is 20.0. The molecular formula is C15H23N5O. The molecule has 1 aliphatic rings. The van der Waals surface area contributed by atoms with E-state index < -0.39 is 0 Å². The Morgan fingerprint density at radius 2 is 2.14 bits per heavy atom. The first-order valence-corrected chi connectivity index (χ1v) is 7.66. The molecule has 6 nitrogen and oxygen atoms in total. The van der Waals surface area contributed by atoms with Crippen LogP contribution < -0.4 is 0 Å². The van der Waals surface area contributed by atoms with E-state index in [1.54, 1.807) is 0 Å². The molecule has 3 heterocycles. The monoisotopic (exact) mass is 289 g/mol. The number of hydrogen-bond acceptors (Lipinski definition) is 5. The fraction of sp³-hybridized carbons (Fsp3) is 0.667. The summed E-state index contributed by atoms with van der Waals surface area (Å²) in [7, 11) is 0. The maximum Gasteiger partial charge on any atom is 0.240 e. The van der Waals surface area contributed by atoms with Gasteiger partial charge in [0.15, 0.2) is 5.82 Å². The average molecular weight is 289 g/mol. The van der Waals surface area contributed by atoms with E-state index in [-0.39, 0.29) is 0 Å². The van der Waals surface area contributed by atoms with Gasteiger partial charge in [0.2, 0.25) is 5.89 Å². The smallest absolute Gasteiger partial charge is 0.240 e. The minimum Gasteiger partial charge on any atom is -0.338 e. The SMILES string of the molecule is Cc1cc(C)n(C[C@@H]2CCCCN2Cc2nc(C)no2)n1. The Hall–Kier alpha value is -1.69. The lowest BCUT2D eigenvalue weighted by Crippen LogP contribution is -2.42. The first-order valence-electron chi connectivity index (χ1n) is 7.66. The minimum atomic E-state index is 0.490. The third-order valence-corrected chi connectivity index (χ3v) is 4.14. The number of nitrogens with zero attached hydrogens (tertiary/aromatic N) is 5. The molecule has 1 fully saturated rings. The summed E-state index contributed by atoms with van der Waals surface area (Å²) >= 11 is 0. The summed E-state index contributed by atoms with van der Waals surface area (Å²) in [4.78, 5) is 6.78. The minimum absolute atomic E-state index is 0.490. The van der Waals surface area contributed by atoms with Crippen molar-refractivity contribution < 1.29 is 4.52 Å². The van der Waals surface area contributed by atoms with Crippen LogP contribution in [0.15, 0.2) is 10.6 Å². The summed E-state index contributed by atoms with van der Waals surface area (Å²) in [5, 5.41) is 8.47. The number of piperidine rings is 1. The Morgan fingerprint density at radius 3 is 2.81 bits per heavy atom. The fourth-order valence-electron chi connectivity index (χ4n) is 3.11. The van der Waals surface area contributed by atoms with Gasteiger partial charge in [-0.15, -0.1) is 0 Å². The van der Waals surface area contributed by atoms with Gasteiger partial charge >= 0.3 is 0 Å². The lowest BCUT2D eigenvalue weighted by atomic mass is 10.0. The van der Waals surface area contributed by atoms with Gasteiger partial charge in [-0.3, -0.25) is 9.58 Å². The molecular weight excluding hydrogens is 266 g/mol. The first-order chi connectivity index (χ1) is 10.1. The highest BCUT2D eigenvalue weighted by Crippen LogP contribution is 2.21. The van der Waals surface area contributed by atoms with Crippen LogP contribution in [0.5, 0.6) is 0 Å². The van der Waals surface area contributed by atoms with Crippen LogP contribution in [-0.2, 0) is 13.1 Å². The van der Waals surface area contributed by atoms with Crippen LogP contribution in [0.25, 0.3) is 0 Å². The number of aryl methyl sites for hydroxylation is 3. The second-order valence-electron chi connectivity index (χ2n) is 5.96. The van der Waals surface area contributed by atoms with Crippen LogP contribution in [0.3, 0.4) is 0 Å². The van der Waals surface area contributed by atoms with Crippen molar-refractivity contribution in [3.8, 4) is 0 Å². The van der Waals surface area contributed by atoms with Crippen molar-refractivity contribution in [1.82, 2.24) is 24.8 Å². The summed E-state index contributed by atoms with van der Waals surface area (Å²) < 4.78 is 7.39. The standard InChI is InChI=1S/C15H23N5O/c1-11-8-12(2)20(17-11)9-14-6-4-5-7-19(14)10-15-16-13(3)18-21-15/h8,14H,4-7,9-10H2,1-3H3/t14-/m0/s1. The lowest BCUT2D eigenvalue weighted by Gasteiger charge is -2.34. The summed E-state index contributed by atoms with van der Waals surface area (Å²) in [6.07, 6.45) is 3.72. The highest BCUT2D eigenvalue weighted by Gasteiger charge is 2.25. The second-order valence-corrected chi connectivity index (χ2v) is 5.96. The molecule has 1 saturated heterocycles. The predicted molar refractivity (Wildman–Crippen MR) is 78.8 cm³/mol. The molecule has 114 valence electrons. The third-order valence-electron chi connectivity index (χ3n) is 4.14. The number of hydrogen-bond donors (Lipinski definition) is 0. The molecule has 2 aromatic rings. The van der Waals surface area contributed by atoms with Gasteiger partial charge in [-0.2, -0.15) is 10.1 Å². The van der Waals surface area contributed by atoms with Gasteiger partial charge in [0, 0.05) is 11.7 Å². The molecule has 0 saturated carbocycles. The molecule has 2 aromatic heterocycles. The van der Waals surface area contributed by atoms with E-state index in [4.69, 9.17) is 4.52 Å². The van der Waals surface area contributed by atoms with E-state index in [0.717, 1.165) is 25.3 Å². The van der Waals surface area contributed by atoms with Crippen LogP contribution in [-0.4, -0.2) is 37.4 Å². The molecule has 0 amide bonds. The van der Waals surface area contributed by atoms with Crippen LogP contribution in [0.4, 0.5) is 0 Å². The lowest BCUT2D eigenvalue weighted by molar-refractivity contribution is 0.107. The number of rotatable bonds is 4. The van der Waals surface area contributed by atoms with Gasteiger partial charge in [-0.05, 0) is 46.2 Å². The van der Waals surface area contributed by atoms with Crippen molar-refractivity contribution in [1.29, 1.82) is 0 Å². The molecule has 0 bridgehead atoms. The molecule has 0 spiro atoms. The Labute approximate surface area is 125 Å². The van der Waals surface area contributed by atoms with Gasteiger partial charge < -0.3 is 4.52 Å². The van der Waals surface area contributed by atoms with Crippen molar-refractivity contribution in [3.63, 3.8) is 0 Å². The Bertz CT molecular complexity index is 603. The molecule has 0 radical (unpaired) electrons. The Balaban J connectivity index is 1.70. The summed E-state index contributed by atoms with van der Waals surface area (Å²) in [6.45, 7) is 8.79. The molecule has 0 aromatic carbocycles. The summed E-state index contributed by atoms with van der Waals surface area (Å²) in [5.41, 5.74) is 2.31. The molecule has 0 aliphatic carbocycles. The molecule has 3 rings (SSSR count). The molecule has 1 atom stereocenters. The largest absolute Gasteiger partial charge is 0.338 e. The first kappa shape index (κ1) is 14.3. The molecule has 6 heteroatoms. The van der Waals surface area contributed by atoms with Crippen LogP contribution in [0, 0.1) is 20.8 Å². The molecule has 1 aliphatic heterocycles. The van der Waals surface area contributed by atoms with E-state index in [1.807, 2.05) is 13.8 Å². The topological polar surface area (TPSA) is 60.0 Å². The highest BCUT2D eigenvalue weighted by atomic mass is 16.5. The van der Waals surface area contributed by atoms with Gasteiger partial charge in [-0.25, -0.2) is 0 Å². The quantitative estimate of drug-likeness (QED) is 0.864. The van der Waals surface area contributed by atoms with E-state index in [2.05, 4.69) is 37.8 Å². The fourth-order valence-corrected chi connectivity index (χ4v) is 3.11. The third kappa shape index (κ3) is 3.32. The van der Waals surface area contributed by atoms with E-state index in [9.17, 15) is 0 Å². The predicted octanol–water partition coefficient (Wildman–Crippen LogP) is 2.25. The van der Waals surface area contributed by atoms with Crippen LogP contribution >= 0.6 is 0 Å². The zero-order valence-corrected chi connectivity index (χ0v) is 13.0. The zero-order chi connectivity index (χ0) is 14.8. The number of aromatic nitrogens is 4. The van der Waals surface area contributed by atoms with E-state index >= 15 is 0 Å². The molecule has 21 heavy (non-hydrogen) atoms. The van der Waals surface area contributed by atoms with E-state index in [0.29, 0.717) is 17.8 Å². The Kier molecular flexibility index (Phi) is 4.05. The van der Waals surface area contributed by atoms with Crippen molar-refractivity contribution in [3.05, 3.63) is 29.2 Å². The second kappa shape index (κ2) is 5.97. The van der Waals surface area contributed by atoms with Gasteiger partial charge in [0.1, 0.15) is 0 Å². The maximum atomic E-state index is 5.27. The summed E-state index contributed by atoms with van der Waals surface area (Å²) in [5.74, 6) is 1.42. The van der Waals surface area contributed by atoms with Crippen molar-refractivity contribution >= 4 is 0 Å². The van der Waals surface area contributed by atoms with E-state index in [1.165, 1.54) is 25.0 Å². The number of likely N-dealkylation sites (tertiary alicyclic amines) is 1. The Morgan fingerprint density at radius 1 is 1.29 bits per heavy atom. The molecule has 0 N–H and O–H groups in total. The highest BCUT2D eigenvalue weighted by molar-refractivity contribution is 5.06. The van der Waals surface area contributed by atoms with Gasteiger partial charge in [-0.1, -0.05) is 11.6 Å². The summed E-state index contributed by atoms with van der Waals surface area (Å²) in [6, 6.07) is 2.62. The molecule has 0 unspecified atom stereocenters. The van der Waals surface area contributed by atoms with Crippen molar-refractivity contribution in [2.75, 3.05) is 6.54 Å². The zero-order valence-electron chi connectivity index (χ0n) is 13.0. The van der Waals surface area contributed by atoms with Gasteiger partial charge in [0.05, 0.1) is 18.8 Å². The van der Waals surface area contributed by atoms with Gasteiger partial charge in [0.25, 0.3) is 0 Å². The van der Waals surface area contributed by atoms with Crippen molar-refractivity contribution in [2.24, 2.45) is 0 Å². The maximum absolute atomic E-state index is 5.27. The van der Waals surface area contributed by atoms with Crippen molar-refractivity contribution in [2.45, 2.75) is 59.2 Å². The average Bonchev–Trinajstić information content (AvgIpc) is 2.98.